The van der Waals surface area contributed by atoms with Crippen LogP contribution < -0.4 is 0 Å². The number of nitrogens with one attached hydrogen (secondary N) is 1. The number of aromatic nitrogens is 3. The molecule has 3 aromatic rings. The van der Waals surface area contributed by atoms with Gasteiger partial charge in [-0.25, -0.2) is 0 Å². The first kappa shape index (κ1) is 17.2. The van der Waals surface area contributed by atoms with Crippen molar-refractivity contribution in [3.8, 4) is 0 Å². The molecule has 1 fully saturated rings. The summed E-state index contributed by atoms with van der Waals surface area (Å²) in [5.74, 6) is 0.599. The number of nitrogens with zero attached hydrogens (tertiary/aromatic N) is 4. The number of hydrogen-bond donors (Lipinski definition) is 1. The number of aryl methyl sites for hydroxylation is 1. The molecule has 1 aromatic carbocycles. The maximum atomic E-state index is 4.64. The van der Waals surface area contributed by atoms with Crippen molar-refractivity contribution in [2.24, 2.45) is 5.92 Å². The quantitative estimate of drug-likeness (QED) is 0.787. The van der Waals surface area contributed by atoms with Crippen molar-refractivity contribution in [1.29, 1.82) is 0 Å². The average molecular weight is 349 g/mol. The van der Waals surface area contributed by atoms with Crippen LogP contribution >= 0.6 is 0 Å². The Morgan fingerprint density at radius 1 is 1.12 bits per heavy atom. The summed E-state index contributed by atoms with van der Waals surface area (Å²) in [6.45, 7) is 7.53. The van der Waals surface area contributed by atoms with E-state index in [0.717, 1.165) is 44.7 Å². The third-order valence-electron chi connectivity index (χ3n) is 5.44. The van der Waals surface area contributed by atoms with E-state index >= 15 is 0 Å². The zero-order valence-electron chi connectivity index (χ0n) is 15.7. The van der Waals surface area contributed by atoms with Crippen LogP contribution in [-0.4, -0.2) is 58.2 Å². The van der Waals surface area contributed by atoms with Crippen molar-refractivity contribution >= 4 is 10.9 Å². The highest BCUT2D eigenvalue weighted by Crippen LogP contribution is 2.22. The van der Waals surface area contributed by atoms with Gasteiger partial charge in [0.1, 0.15) is 0 Å². The second-order valence-electron chi connectivity index (χ2n) is 7.58. The molecule has 0 aliphatic carbocycles. The zero-order valence-corrected chi connectivity index (χ0v) is 15.7. The van der Waals surface area contributed by atoms with E-state index in [-0.39, 0.29) is 0 Å². The Bertz CT molecular complexity index is 866. The average Bonchev–Trinajstić information content (AvgIpc) is 2.95. The maximum absolute atomic E-state index is 4.64. The molecule has 1 aliphatic rings. The molecule has 1 N–H and O–H groups in total. The molecule has 0 bridgehead atoms. The van der Waals surface area contributed by atoms with E-state index in [0.29, 0.717) is 5.92 Å². The lowest BCUT2D eigenvalue weighted by atomic mass is 9.96. The standard InChI is InChI=1S/C21H27N5/c1-16-20(12-23-24-16)15-26-10-9-25(2)13-17(14-26)11-19-6-3-5-18-7-4-8-22-21(18)19/h3-8,12,17H,9-11,13-15H2,1-2H3,(H,23,24)/t17-/m0/s1. The Kier molecular flexibility index (Phi) is 5.00. The summed E-state index contributed by atoms with van der Waals surface area (Å²) in [5, 5.41) is 8.47. The van der Waals surface area contributed by atoms with E-state index in [1.165, 1.54) is 22.2 Å². The number of para-hydroxylation sites is 1. The number of fused-ring (bicyclic) bond motifs is 1. The minimum atomic E-state index is 0.599. The summed E-state index contributed by atoms with van der Waals surface area (Å²) in [4.78, 5) is 9.68. The minimum Gasteiger partial charge on any atom is -0.305 e. The molecule has 1 atom stereocenters. The molecule has 4 rings (SSSR count). The van der Waals surface area contributed by atoms with Crippen molar-refractivity contribution in [3.05, 3.63) is 59.5 Å². The van der Waals surface area contributed by atoms with Gasteiger partial charge in [0.15, 0.2) is 0 Å². The summed E-state index contributed by atoms with van der Waals surface area (Å²) in [5.41, 5.74) is 5.00. The van der Waals surface area contributed by atoms with E-state index < -0.39 is 0 Å². The fourth-order valence-corrected chi connectivity index (χ4v) is 4.05. The van der Waals surface area contributed by atoms with E-state index in [1.54, 1.807) is 0 Å². The van der Waals surface area contributed by atoms with Gasteiger partial charge in [0.05, 0.1) is 11.7 Å². The molecule has 2 aromatic heterocycles. The molecule has 0 amide bonds. The van der Waals surface area contributed by atoms with Crippen LogP contribution in [0.2, 0.25) is 0 Å². The number of aromatic amines is 1. The molecule has 5 heteroatoms. The van der Waals surface area contributed by atoms with Gasteiger partial charge in [0, 0.05) is 55.6 Å². The first-order valence-corrected chi connectivity index (χ1v) is 9.41. The molecule has 1 saturated heterocycles. The number of hydrogen-bond acceptors (Lipinski definition) is 4. The number of pyridine rings is 1. The van der Waals surface area contributed by atoms with Gasteiger partial charge in [-0.3, -0.25) is 15.0 Å². The van der Waals surface area contributed by atoms with E-state index in [4.69, 9.17) is 0 Å². The van der Waals surface area contributed by atoms with Gasteiger partial charge in [0.25, 0.3) is 0 Å². The van der Waals surface area contributed by atoms with Gasteiger partial charge in [-0.05, 0) is 37.9 Å². The summed E-state index contributed by atoms with van der Waals surface area (Å²) in [6.07, 6.45) is 4.94. The molecule has 5 nitrogen and oxygen atoms in total. The first-order chi connectivity index (χ1) is 12.7. The van der Waals surface area contributed by atoms with Crippen LogP contribution in [0.4, 0.5) is 0 Å². The lowest BCUT2D eigenvalue weighted by Crippen LogP contribution is -2.30. The van der Waals surface area contributed by atoms with Crippen molar-refractivity contribution in [2.75, 3.05) is 33.2 Å². The van der Waals surface area contributed by atoms with Crippen LogP contribution in [0.25, 0.3) is 10.9 Å². The fourth-order valence-electron chi connectivity index (χ4n) is 4.05. The van der Waals surface area contributed by atoms with Crippen molar-refractivity contribution in [2.45, 2.75) is 19.9 Å². The molecule has 0 spiro atoms. The molecular formula is C21H27N5. The molecule has 136 valence electrons. The van der Waals surface area contributed by atoms with Crippen molar-refractivity contribution in [3.63, 3.8) is 0 Å². The minimum absolute atomic E-state index is 0.599. The molecule has 3 heterocycles. The van der Waals surface area contributed by atoms with Crippen molar-refractivity contribution in [1.82, 2.24) is 25.0 Å². The highest BCUT2D eigenvalue weighted by atomic mass is 15.2. The second-order valence-corrected chi connectivity index (χ2v) is 7.58. The fraction of sp³-hybridized carbons (Fsp3) is 0.429. The monoisotopic (exact) mass is 349 g/mol. The summed E-state index contributed by atoms with van der Waals surface area (Å²) < 4.78 is 0. The summed E-state index contributed by atoms with van der Waals surface area (Å²) in [7, 11) is 2.24. The van der Waals surface area contributed by atoms with Crippen LogP contribution in [-0.2, 0) is 13.0 Å². The Hall–Kier alpha value is -2.24. The number of rotatable bonds is 4. The third-order valence-corrected chi connectivity index (χ3v) is 5.44. The van der Waals surface area contributed by atoms with Crippen LogP contribution in [0.3, 0.4) is 0 Å². The first-order valence-electron chi connectivity index (χ1n) is 9.41. The largest absolute Gasteiger partial charge is 0.305 e. The molecule has 0 radical (unpaired) electrons. The number of H-pyrrole nitrogens is 1. The van der Waals surface area contributed by atoms with Gasteiger partial charge in [0.2, 0.25) is 0 Å². The molecular weight excluding hydrogens is 322 g/mol. The van der Waals surface area contributed by atoms with Crippen LogP contribution in [0.1, 0.15) is 16.8 Å². The highest BCUT2D eigenvalue weighted by Gasteiger charge is 2.22. The van der Waals surface area contributed by atoms with E-state index in [2.05, 4.69) is 63.2 Å². The molecule has 0 unspecified atom stereocenters. The smallest absolute Gasteiger partial charge is 0.0734 e. The Morgan fingerprint density at radius 2 is 2.00 bits per heavy atom. The third kappa shape index (κ3) is 3.79. The number of benzene rings is 1. The second kappa shape index (κ2) is 7.56. The summed E-state index contributed by atoms with van der Waals surface area (Å²) >= 11 is 0. The maximum Gasteiger partial charge on any atom is 0.0734 e. The molecule has 1 aliphatic heterocycles. The Balaban J connectivity index is 1.53. The van der Waals surface area contributed by atoms with Crippen LogP contribution in [0.15, 0.2) is 42.7 Å². The molecule has 26 heavy (non-hydrogen) atoms. The Morgan fingerprint density at radius 3 is 2.85 bits per heavy atom. The normalized spacial score (nSPS) is 19.7. The number of likely N-dealkylation sites (N-methyl/N-ethyl adjacent to an activating group) is 1. The van der Waals surface area contributed by atoms with Gasteiger partial charge in [-0.15, -0.1) is 0 Å². The predicted octanol–water partition coefficient (Wildman–Crippen LogP) is 2.87. The van der Waals surface area contributed by atoms with E-state index in [9.17, 15) is 0 Å². The van der Waals surface area contributed by atoms with Crippen molar-refractivity contribution < 1.29 is 0 Å². The van der Waals surface area contributed by atoms with Gasteiger partial charge in [-0.1, -0.05) is 24.3 Å². The highest BCUT2D eigenvalue weighted by molar-refractivity contribution is 5.81. The van der Waals surface area contributed by atoms with Gasteiger partial charge in [-0.2, -0.15) is 5.10 Å². The van der Waals surface area contributed by atoms with Crippen LogP contribution in [0, 0.1) is 12.8 Å². The SMILES string of the molecule is Cc1[nH]ncc1CN1CCN(C)C[C@H](Cc2cccc3cccnc23)C1. The van der Waals surface area contributed by atoms with Gasteiger partial charge < -0.3 is 4.90 Å². The Labute approximate surface area is 155 Å². The lowest BCUT2D eigenvalue weighted by Gasteiger charge is -2.24. The van der Waals surface area contributed by atoms with Gasteiger partial charge >= 0.3 is 0 Å². The summed E-state index contributed by atoms with van der Waals surface area (Å²) in [6, 6.07) is 10.7. The molecule has 0 saturated carbocycles. The topological polar surface area (TPSA) is 48.1 Å². The van der Waals surface area contributed by atoms with E-state index in [1.807, 2.05) is 18.5 Å². The van der Waals surface area contributed by atoms with Crippen LogP contribution in [0.5, 0.6) is 0 Å². The zero-order chi connectivity index (χ0) is 17.9. The predicted molar refractivity (Wildman–Crippen MR) is 105 cm³/mol. The lowest BCUT2D eigenvalue weighted by molar-refractivity contribution is 0.248.